The molecule has 1 aromatic carbocycles. The zero-order valence-electron chi connectivity index (χ0n) is 13.5. The van der Waals surface area contributed by atoms with Crippen molar-refractivity contribution in [1.29, 1.82) is 0 Å². The zero-order valence-corrected chi connectivity index (χ0v) is 13.5. The van der Waals surface area contributed by atoms with Gasteiger partial charge in [-0.2, -0.15) is 4.98 Å². The van der Waals surface area contributed by atoms with Crippen LogP contribution in [0.5, 0.6) is 0 Å². The fourth-order valence-corrected chi connectivity index (χ4v) is 2.32. The number of aromatic nitrogens is 3. The standard InChI is InChI=1S/C17H17N3O4/c1-11-14(12(2)23-19-11)8-9-16(21)22-10-15-18-17(20-24-15)13-6-4-3-5-7-13/h3-7H,8-10H2,1-2H3. The Morgan fingerprint density at radius 2 is 1.92 bits per heavy atom. The molecule has 7 heteroatoms. The van der Waals surface area contributed by atoms with E-state index >= 15 is 0 Å². The summed E-state index contributed by atoms with van der Waals surface area (Å²) in [6.07, 6.45) is 0.766. The molecule has 2 heterocycles. The molecule has 0 fully saturated rings. The van der Waals surface area contributed by atoms with E-state index in [1.165, 1.54) is 0 Å². The first-order valence-electron chi connectivity index (χ1n) is 7.59. The van der Waals surface area contributed by atoms with Crippen molar-refractivity contribution in [1.82, 2.24) is 15.3 Å². The Kier molecular flexibility index (Phi) is 4.69. The van der Waals surface area contributed by atoms with E-state index in [0.717, 1.165) is 22.6 Å². The number of carbonyl (C=O) groups excluding carboxylic acids is 1. The van der Waals surface area contributed by atoms with Crippen molar-refractivity contribution in [2.75, 3.05) is 0 Å². The smallest absolute Gasteiger partial charge is 0.306 e. The molecule has 0 N–H and O–H groups in total. The van der Waals surface area contributed by atoms with E-state index in [1.54, 1.807) is 0 Å². The van der Waals surface area contributed by atoms with Crippen molar-refractivity contribution in [3.05, 3.63) is 53.2 Å². The van der Waals surface area contributed by atoms with Crippen LogP contribution in [0.15, 0.2) is 39.4 Å². The van der Waals surface area contributed by atoms with Gasteiger partial charge in [-0.05, 0) is 20.3 Å². The molecule has 0 bridgehead atoms. The van der Waals surface area contributed by atoms with E-state index in [1.807, 2.05) is 44.2 Å². The van der Waals surface area contributed by atoms with Gasteiger partial charge in [0.25, 0.3) is 5.89 Å². The van der Waals surface area contributed by atoms with Crippen LogP contribution in [0.3, 0.4) is 0 Å². The number of nitrogens with zero attached hydrogens (tertiary/aromatic N) is 3. The fraction of sp³-hybridized carbons (Fsp3) is 0.294. The van der Waals surface area contributed by atoms with E-state index in [-0.39, 0.29) is 24.9 Å². The van der Waals surface area contributed by atoms with Gasteiger partial charge in [0.05, 0.1) is 5.69 Å². The number of esters is 1. The maximum atomic E-state index is 11.8. The van der Waals surface area contributed by atoms with Crippen LogP contribution in [-0.4, -0.2) is 21.3 Å². The monoisotopic (exact) mass is 327 g/mol. The molecule has 0 aliphatic rings. The van der Waals surface area contributed by atoms with Gasteiger partial charge >= 0.3 is 5.97 Å². The van der Waals surface area contributed by atoms with Crippen LogP contribution in [0.25, 0.3) is 11.4 Å². The van der Waals surface area contributed by atoms with Gasteiger partial charge in [0.15, 0.2) is 6.61 Å². The Bertz CT molecular complexity index is 804. The van der Waals surface area contributed by atoms with Crippen LogP contribution in [-0.2, 0) is 22.6 Å². The summed E-state index contributed by atoms with van der Waals surface area (Å²) in [4.78, 5) is 16.1. The summed E-state index contributed by atoms with van der Waals surface area (Å²) in [6.45, 7) is 3.63. The minimum absolute atomic E-state index is 0.0414. The summed E-state index contributed by atoms with van der Waals surface area (Å²) in [7, 11) is 0. The number of rotatable bonds is 6. The molecule has 0 spiro atoms. The summed E-state index contributed by atoms with van der Waals surface area (Å²) < 4.78 is 15.3. The quantitative estimate of drug-likeness (QED) is 0.643. The van der Waals surface area contributed by atoms with Gasteiger partial charge in [-0.1, -0.05) is 40.6 Å². The Balaban J connectivity index is 1.51. The number of hydrogen-bond acceptors (Lipinski definition) is 7. The van der Waals surface area contributed by atoms with Crippen molar-refractivity contribution >= 4 is 5.97 Å². The summed E-state index contributed by atoms with van der Waals surface area (Å²) >= 11 is 0. The van der Waals surface area contributed by atoms with Crippen LogP contribution in [0.2, 0.25) is 0 Å². The largest absolute Gasteiger partial charge is 0.456 e. The van der Waals surface area contributed by atoms with E-state index in [9.17, 15) is 4.79 Å². The lowest BCUT2D eigenvalue weighted by molar-refractivity contribution is -0.145. The third-order valence-electron chi connectivity index (χ3n) is 3.62. The second-order valence-electron chi connectivity index (χ2n) is 5.34. The average molecular weight is 327 g/mol. The van der Waals surface area contributed by atoms with Crippen LogP contribution in [0.4, 0.5) is 0 Å². The highest BCUT2D eigenvalue weighted by Crippen LogP contribution is 2.16. The first-order chi connectivity index (χ1) is 11.6. The molecule has 0 aliphatic carbocycles. The predicted octanol–water partition coefficient (Wildman–Crippen LogP) is 3.02. The third-order valence-corrected chi connectivity index (χ3v) is 3.62. The van der Waals surface area contributed by atoms with E-state index in [0.29, 0.717) is 12.2 Å². The molecule has 0 atom stereocenters. The molecule has 0 amide bonds. The second kappa shape index (κ2) is 7.08. The average Bonchev–Trinajstić information content (AvgIpc) is 3.19. The molecule has 3 aromatic rings. The lowest BCUT2D eigenvalue weighted by atomic mass is 10.1. The molecule has 0 saturated carbocycles. The molecule has 24 heavy (non-hydrogen) atoms. The lowest BCUT2D eigenvalue weighted by Crippen LogP contribution is -2.06. The van der Waals surface area contributed by atoms with E-state index in [4.69, 9.17) is 13.8 Å². The van der Waals surface area contributed by atoms with Gasteiger partial charge in [0.1, 0.15) is 5.76 Å². The van der Waals surface area contributed by atoms with Gasteiger partial charge in [-0.25, -0.2) is 0 Å². The van der Waals surface area contributed by atoms with Gasteiger partial charge < -0.3 is 13.8 Å². The maximum Gasteiger partial charge on any atom is 0.306 e. The van der Waals surface area contributed by atoms with Crippen molar-refractivity contribution in [2.45, 2.75) is 33.3 Å². The highest BCUT2D eigenvalue weighted by atomic mass is 16.6. The molecule has 0 radical (unpaired) electrons. The Hall–Kier alpha value is -2.96. The van der Waals surface area contributed by atoms with Crippen LogP contribution < -0.4 is 0 Å². The van der Waals surface area contributed by atoms with Crippen molar-refractivity contribution in [2.24, 2.45) is 0 Å². The van der Waals surface area contributed by atoms with E-state index < -0.39 is 0 Å². The second-order valence-corrected chi connectivity index (χ2v) is 5.34. The van der Waals surface area contributed by atoms with Crippen LogP contribution in [0, 0.1) is 13.8 Å². The lowest BCUT2D eigenvalue weighted by Gasteiger charge is -2.01. The molecule has 7 nitrogen and oxygen atoms in total. The molecule has 0 aliphatic heterocycles. The number of ether oxygens (including phenoxy) is 1. The summed E-state index contributed by atoms with van der Waals surface area (Å²) in [5.74, 6) is 1.12. The minimum atomic E-state index is -0.338. The van der Waals surface area contributed by atoms with Crippen molar-refractivity contribution < 1.29 is 18.6 Å². The van der Waals surface area contributed by atoms with Gasteiger partial charge in [0, 0.05) is 17.5 Å². The molecule has 0 unspecified atom stereocenters. The predicted molar refractivity (Wildman–Crippen MR) is 83.8 cm³/mol. The third kappa shape index (κ3) is 3.68. The normalized spacial score (nSPS) is 10.8. The minimum Gasteiger partial charge on any atom is -0.456 e. The van der Waals surface area contributed by atoms with Gasteiger partial charge in [-0.15, -0.1) is 0 Å². The van der Waals surface area contributed by atoms with Gasteiger partial charge in [-0.3, -0.25) is 4.79 Å². The highest BCUT2D eigenvalue weighted by Gasteiger charge is 2.14. The number of carbonyl (C=O) groups is 1. The Labute approximate surface area is 138 Å². The Morgan fingerprint density at radius 1 is 1.12 bits per heavy atom. The summed E-state index contributed by atoms with van der Waals surface area (Å²) in [5.41, 5.74) is 2.58. The first-order valence-corrected chi connectivity index (χ1v) is 7.59. The molecule has 0 saturated heterocycles. The number of aryl methyl sites for hydroxylation is 2. The highest BCUT2D eigenvalue weighted by molar-refractivity contribution is 5.69. The van der Waals surface area contributed by atoms with Crippen LogP contribution in [0.1, 0.15) is 29.3 Å². The van der Waals surface area contributed by atoms with Crippen molar-refractivity contribution in [3.8, 4) is 11.4 Å². The van der Waals surface area contributed by atoms with Gasteiger partial charge in [0.2, 0.25) is 5.82 Å². The zero-order chi connectivity index (χ0) is 16.9. The fourth-order valence-electron chi connectivity index (χ4n) is 2.32. The topological polar surface area (TPSA) is 91.2 Å². The number of hydrogen-bond donors (Lipinski definition) is 0. The van der Waals surface area contributed by atoms with Crippen molar-refractivity contribution in [3.63, 3.8) is 0 Å². The molecular weight excluding hydrogens is 310 g/mol. The maximum absolute atomic E-state index is 11.8. The SMILES string of the molecule is Cc1noc(C)c1CCC(=O)OCc1nc(-c2ccccc2)no1. The summed E-state index contributed by atoms with van der Waals surface area (Å²) in [5, 5.41) is 7.73. The Morgan fingerprint density at radius 3 is 2.62 bits per heavy atom. The van der Waals surface area contributed by atoms with Crippen LogP contribution >= 0.6 is 0 Å². The molecule has 124 valence electrons. The molecular formula is C17H17N3O4. The number of benzene rings is 1. The summed E-state index contributed by atoms with van der Waals surface area (Å²) in [6, 6.07) is 9.44. The van der Waals surface area contributed by atoms with E-state index in [2.05, 4.69) is 15.3 Å². The molecule has 3 rings (SSSR count). The first kappa shape index (κ1) is 15.9. The molecule has 2 aromatic heterocycles.